The van der Waals surface area contributed by atoms with Crippen molar-refractivity contribution in [1.29, 1.82) is 0 Å². The monoisotopic (exact) mass is 696 g/mol. The number of nitrogen functional groups attached to an aromatic ring is 2. The SMILES string of the molecule is Nc1c(N)c(F)c(OC(F)(F)C(F)(F)C(F)(F)C(F)(F)C(F)(F)C(F)(F)C(F)(F)C(F)(F)C(F)(F)C(F)(F)F)c(F)c1F. The van der Waals surface area contributed by atoms with Crippen molar-refractivity contribution in [2.24, 2.45) is 0 Å². The minimum absolute atomic E-state index is 1.90. The quantitative estimate of drug-likeness (QED) is 0.149. The molecule has 0 fully saturated rings. The Morgan fingerprint density at radius 3 is 0.907 bits per heavy atom. The molecule has 0 aromatic heterocycles. The highest BCUT2D eigenvalue weighted by Gasteiger charge is 2.98. The third kappa shape index (κ3) is 4.65. The molecule has 0 aliphatic carbocycles. The molecule has 0 spiro atoms. The highest BCUT2D eigenvalue weighted by atomic mass is 19.4. The fraction of sp³-hybridized carbons (Fsp3) is 0.625. The summed E-state index contributed by atoms with van der Waals surface area (Å²) in [4.78, 5) is 0. The van der Waals surface area contributed by atoms with E-state index < -0.39 is 94.2 Å². The van der Waals surface area contributed by atoms with Gasteiger partial charge in [0.1, 0.15) is 0 Å². The van der Waals surface area contributed by atoms with Crippen LogP contribution in [0, 0.1) is 17.5 Å². The first-order chi connectivity index (χ1) is 18.4. The predicted octanol–water partition coefficient (Wildman–Crippen LogP) is 7.88. The van der Waals surface area contributed by atoms with E-state index >= 15 is 0 Å². The van der Waals surface area contributed by atoms with Crippen molar-refractivity contribution in [2.75, 3.05) is 11.5 Å². The first kappa shape index (κ1) is 38.0. The van der Waals surface area contributed by atoms with Gasteiger partial charge in [-0.15, -0.1) is 0 Å². The van der Waals surface area contributed by atoms with E-state index in [0.717, 1.165) is 0 Å². The van der Waals surface area contributed by atoms with Crippen LogP contribution in [0.15, 0.2) is 0 Å². The van der Waals surface area contributed by atoms with Crippen LogP contribution in [0.2, 0.25) is 0 Å². The van der Waals surface area contributed by atoms with Crippen LogP contribution in [-0.4, -0.2) is 59.7 Å². The summed E-state index contributed by atoms with van der Waals surface area (Å²) in [5.41, 5.74) is 5.13. The summed E-state index contributed by atoms with van der Waals surface area (Å²) in [6, 6.07) is 0. The van der Waals surface area contributed by atoms with E-state index in [9.17, 15) is 105 Å². The van der Waals surface area contributed by atoms with Gasteiger partial charge in [-0.3, -0.25) is 0 Å². The topological polar surface area (TPSA) is 61.3 Å². The minimum Gasteiger partial charge on any atom is -0.421 e. The number of halogens is 24. The molecule has 43 heavy (non-hydrogen) atoms. The Morgan fingerprint density at radius 2 is 0.605 bits per heavy atom. The van der Waals surface area contributed by atoms with E-state index in [4.69, 9.17) is 0 Å². The van der Waals surface area contributed by atoms with Gasteiger partial charge in [-0.25, -0.2) is 8.78 Å². The zero-order valence-corrected chi connectivity index (χ0v) is 18.6. The van der Waals surface area contributed by atoms with Crippen molar-refractivity contribution in [2.45, 2.75) is 59.7 Å². The molecule has 0 atom stereocenters. The molecule has 3 nitrogen and oxygen atoms in total. The lowest BCUT2D eigenvalue weighted by molar-refractivity contribution is -0.480. The van der Waals surface area contributed by atoms with Crippen LogP contribution in [0.5, 0.6) is 5.75 Å². The van der Waals surface area contributed by atoms with Crippen molar-refractivity contribution in [1.82, 2.24) is 0 Å². The van der Waals surface area contributed by atoms with Gasteiger partial charge in [-0.1, -0.05) is 0 Å². The highest BCUT2D eigenvalue weighted by Crippen LogP contribution is 2.66. The first-order valence-electron chi connectivity index (χ1n) is 9.27. The summed E-state index contributed by atoms with van der Waals surface area (Å²) < 4.78 is 322. The number of rotatable bonds is 10. The van der Waals surface area contributed by atoms with E-state index in [0.29, 0.717) is 0 Å². The fourth-order valence-corrected chi connectivity index (χ4v) is 2.50. The Morgan fingerprint density at radius 1 is 0.349 bits per heavy atom. The Labute approximate surface area is 217 Å². The predicted molar refractivity (Wildman–Crippen MR) is 86.3 cm³/mol. The van der Waals surface area contributed by atoms with Gasteiger partial charge in [0.25, 0.3) is 0 Å². The maximum atomic E-state index is 13.8. The summed E-state index contributed by atoms with van der Waals surface area (Å²) in [5, 5.41) is 0. The van der Waals surface area contributed by atoms with Gasteiger partial charge in [0.2, 0.25) is 11.6 Å². The molecule has 0 radical (unpaired) electrons. The Bertz CT molecular complexity index is 1200. The molecule has 0 bridgehead atoms. The maximum Gasteiger partial charge on any atom is 0.471 e. The second kappa shape index (κ2) is 9.72. The lowest BCUT2D eigenvalue weighted by Gasteiger charge is -2.44. The summed E-state index contributed by atoms with van der Waals surface area (Å²) >= 11 is 0. The molecule has 0 unspecified atom stereocenters. The molecule has 0 saturated carbocycles. The van der Waals surface area contributed by atoms with Gasteiger partial charge in [0, 0.05) is 0 Å². The molecule has 0 aliphatic heterocycles. The molecular formula is C16H4F24N2O. The van der Waals surface area contributed by atoms with Gasteiger partial charge in [0.15, 0.2) is 11.6 Å². The number of benzene rings is 1. The van der Waals surface area contributed by atoms with Gasteiger partial charge in [-0.05, 0) is 0 Å². The second-order valence-electron chi connectivity index (χ2n) is 7.81. The second-order valence-corrected chi connectivity index (χ2v) is 7.81. The van der Waals surface area contributed by atoms with Crippen LogP contribution in [0.4, 0.5) is 117 Å². The van der Waals surface area contributed by atoms with E-state index in [2.05, 4.69) is 16.2 Å². The van der Waals surface area contributed by atoms with Crippen molar-refractivity contribution in [3.8, 4) is 5.75 Å². The zero-order valence-electron chi connectivity index (χ0n) is 18.6. The van der Waals surface area contributed by atoms with Crippen LogP contribution in [0.3, 0.4) is 0 Å². The standard InChI is InChI=1S/C16H4F24N2O/c17-1-2(18)6(3(19)5(42)4(1)41)43-16(39,40)14(34,35)12(30,31)10(26,27)8(22,23)7(20,21)9(24,25)11(28,29)13(32,33)15(36,37)38/h41-42H2. The number of nitrogens with two attached hydrogens (primary N) is 2. The molecule has 1 aromatic rings. The average Bonchev–Trinajstić information content (AvgIpc) is 2.82. The smallest absolute Gasteiger partial charge is 0.421 e. The summed E-state index contributed by atoms with van der Waals surface area (Å²) in [7, 11) is 0. The molecule has 0 aliphatic rings. The normalized spacial score (nSPS) is 15.6. The molecule has 0 heterocycles. The van der Waals surface area contributed by atoms with Gasteiger partial charge >= 0.3 is 59.7 Å². The molecule has 0 saturated heterocycles. The fourth-order valence-electron chi connectivity index (χ4n) is 2.50. The number of alkyl halides is 21. The molecule has 252 valence electrons. The van der Waals surface area contributed by atoms with Crippen molar-refractivity contribution in [3.05, 3.63) is 17.5 Å². The molecule has 0 amide bonds. The van der Waals surface area contributed by atoms with Gasteiger partial charge in [0.05, 0.1) is 11.4 Å². The Balaban J connectivity index is 3.85. The van der Waals surface area contributed by atoms with E-state index in [1.165, 1.54) is 0 Å². The van der Waals surface area contributed by atoms with Crippen molar-refractivity contribution >= 4 is 11.4 Å². The zero-order chi connectivity index (χ0) is 35.2. The molecule has 4 N–H and O–H groups in total. The number of ether oxygens (including phenoxy) is 1. The summed E-state index contributed by atoms with van der Waals surface area (Å²) in [5.74, 6) is -85.5. The number of anilines is 2. The Hall–Kier alpha value is -3.06. The molecule has 27 heteroatoms. The number of hydrogen-bond donors (Lipinski definition) is 2. The van der Waals surface area contributed by atoms with E-state index in [-0.39, 0.29) is 0 Å². The van der Waals surface area contributed by atoms with Gasteiger partial charge in [-0.2, -0.15) is 96.6 Å². The maximum absolute atomic E-state index is 13.8. The lowest BCUT2D eigenvalue weighted by Crippen LogP contribution is -2.77. The third-order valence-electron chi connectivity index (χ3n) is 5.07. The first-order valence-corrected chi connectivity index (χ1v) is 9.27. The number of hydrogen-bond acceptors (Lipinski definition) is 3. The van der Waals surface area contributed by atoms with Crippen molar-refractivity contribution < 1.29 is 110 Å². The van der Waals surface area contributed by atoms with Gasteiger partial charge < -0.3 is 16.2 Å². The van der Waals surface area contributed by atoms with Crippen LogP contribution < -0.4 is 16.2 Å². The summed E-state index contributed by atoms with van der Waals surface area (Å²) in [6.45, 7) is 0. The van der Waals surface area contributed by atoms with Crippen molar-refractivity contribution in [3.63, 3.8) is 0 Å². The van der Waals surface area contributed by atoms with Crippen LogP contribution >= 0.6 is 0 Å². The molecular weight excluding hydrogens is 692 g/mol. The molecule has 1 rings (SSSR count). The van der Waals surface area contributed by atoms with Crippen LogP contribution in [-0.2, 0) is 0 Å². The third-order valence-corrected chi connectivity index (χ3v) is 5.07. The van der Waals surface area contributed by atoms with Crippen LogP contribution in [0.25, 0.3) is 0 Å². The largest absolute Gasteiger partial charge is 0.471 e. The average molecular weight is 696 g/mol. The van der Waals surface area contributed by atoms with E-state index in [1.54, 1.807) is 0 Å². The summed E-state index contributed by atoms with van der Waals surface area (Å²) in [6.07, 6.45) is -16.0. The Kier molecular flexibility index (Phi) is 8.58. The highest BCUT2D eigenvalue weighted by molar-refractivity contribution is 5.67. The van der Waals surface area contributed by atoms with Crippen LogP contribution in [0.1, 0.15) is 0 Å². The lowest BCUT2D eigenvalue weighted by atomic mass is 9.87. The van der Waals surface area contributed by atoms with E-state index in [1.807, 2.05) is 0 Å². The molecule has 1 aromatic carbocycles. The minimum atomic E-state index is -9.44.